The summed E-state index contributed by atoms with van der Waals surface area (Å²) in [4.78, 5) is 15.3. The third kappa shape index (κ3) is 3.26. The SMILES string of the molecule is CNC[C@H]1CCN(C(=O)C2(c3cccc(F)c3)CCOCC2)C1. The summed E-state index contributed by atoms with van der Waals surface area (Å²) in [6.07, 6.45) is 2.28. The number of hydrogen-bond donors (Lipinski definition) is 1. The molecule has 2 aliphatic heterocycles. The third-order valence-electron chi connectivity index (χ3n) is 5.20. The molecule has 126 valence electrons. The molecule has 0 aliphatic carbocycles. The van der Waals surface area contributed by atoms with E-state index >= 15 is 0 Å². The largest absolute Gasteiger partial charge is 0.381 e. The summed E-state index contributed by atoms with van der Waals surface area (Å²) in [6.45, 7) is 3.62. The van der Waals surface area contributed by atoms with Gasteiger partial charge in [-0.1, -0.05) is 12.1 Å². The third-order valence-corrected chi connectivity index (χ3v) is 5.20. The number of halogens is 1. The van der Waals surface area contributed by atoms with Crippen LogP contribution in [0.15, 0.2) is 24.3 Å². The van der Waals surface area contributed by atoms with Crippen molar-refractivity contribution in [2.75, 3.05) is 39.9 Å². The Bertz CT molecular complexity index is 558. The van der Waals surface area contributed by atoms with Crippen molar-refractivity contribution in [2.24, 2.45) is 5.92 Å². The highest BCUT2D eigenvalue weighted by atomic mass is 19.1. The molecule has 1 aromatic carbocycles. The minimum atomic E-state index is -0.630. The van der Waals surface area contributed by atoms with Gasteiger partial charge in [-0.25, -0.2) is 4.39 Å². The first-order chi connectivity index (χ1) is 11.2. The minimum Gasteiger partial charge on any atom is -0.381 e. The number of benzene rings is 1. The fraction of sp³-hybridized carbons (Fsp3) is 0.611. The Hall–Kier alpha value is -1.46. The van der Waals surface area contributed by atoms with Crippen molar-refractivity contribution in [1.29, 1.82) is 0 Å². The molecule has 1 N–H and O–H groups in total. The van der Waals surface area contributed by atoms with Crippen LogP contribution in [0, 0.1) is 11.7 Å². The van der Waals surface area contributed by atoms with E-state index in [1.54, 1.807) is 6.07 Å². The second-order valence-corrected chi connectivity index (χ2v) is 6.67. The highest BCUT2D eigenvalue weighted by Gasteiger charge is 2.45. The van der Waals surface area contributed by atoms with E-state index in [9.17, 15) is 9.18 Å². The number of amides is 1. The quantitative estimate of drug-likeness (QED) is 0.922. The Kier molecular flexibility index (Phi) is 4.97. The molecule has 0 aromatic heterocycles. The van der Waals surface area contributed by atoms with E-state index in [-0.39, 0.29) is 11.7 Å². The zero-order valence-electron chi connectivity index (χ0n) is 13.7. The van der Waals surface area contributed by atoms with Crippen LogP contribution in [-0.2, 0) is 14.9 Å². The molecular formula is C18H25FN2O2. The maximum Gasteiger partial charge on any atom is 0.233 e. The second-order valence-electron chi connectivity index (χ2n) is 6.67. The van der Waals surface area contributed by atoms with Crippen LogP contribution in [0.5, 0.6) is 0 Å². The fourth-order valence-corrected chi connectivity index (χ4v) is 3.91. The van der Waals surface area contributed by atoms with E-state index in [0.717, 1.165) is 31.6 Å². The molecule has 2 heterocycles. The maximum absolute atomic E-state index is 13.7. The number of rotatable bonds is 4. The van der Waals surface area contributed by atoms with Gasteiger partial charge in [0.15, 0.2) is 0 Å². The van der Waals surface area contributed by atoms with Crippen molar-refractivity contribution in [3.05, 3.63) is 35.6 Å². The van der Waals surface area contributed by atoms with E-state index in [0.29, 0.717) is 32.0 Å². The van der Waals surface area contributed by atoms with Crippen molar-refractivity contribution in [3.63, 3.8) is 0 Å². The zero-order chi connectivity index (χ0) is 16.3. The molecule has 0 bridgehead atoms. The first-order valence-electron chi connectivity index (χ1n) is 8.43. The van der Waals surface area contributed by atoms with Gasteiger partial charge < -0.3 is 15.0 Å². The number of nitrogens with one attached hydrogen (secondary N) is 1. The number of hydrogen-bond acceptors (Lipinski definition) is 3. The van der Waals surface area contributed by atoms with Crippen LogP contribution in [0.4, 0.5) is 4.39 Å². The van der Waals surface area contributed by atoms with Crippen molar-refractivity contribution in [2.45, 2.75) is 24.7 Å². The predicted octanol–water partition coefficient (Wildman–Crippen LogP) is 1.94. The van der Waals surface area contributed by atoms with Gasteiger partial charge in [-0.2, -0.15) is 0 Å². The lowest BCUT2D eigenvalue weighted by Gasteiger charge is -2.39. The lowest BCUT2D eigenvalue weighted by atomic mass is 9.73. The average molecular weight is 320 g/mol. The van der Waals surface area contributed by atoms with Gasteiger partial charge in [-0.3, -0.25) is 4.79 Å². The predicted molar refractivity (Wildman–Crippen MR) is 86.7 cm³/mol. The Morgan fingerprint density at radius 1 is 1.43 bits per heavy atom. The number of carbonyl (C=O) groups is 1. The van der Waals surface area contributed by atoms with Gasteiger partial charge in [0.1, 0.15) is 5.82 Å². The van der Waals surface area contributed by atoms with Crippen LogP contribution >= 0.6 is 0 Å². The number of nitrogens with zero attached hydrogens (tertiary/aromatic N) is 1. The van der Waals surface area contributed by atoms with E-state index < -0.39 is 5.41 Å². The molecule has 3 rings (SSSR count). The molecule has 0 unspecified atom stereocenters. The first-order valence-corrected chi connectivity index (χ1v) is 8.43. The number of ether oxygens (including phenoxy) is 1. The Balaban J connectivity index is 1.86. The van der Waals surface area contributed by atoms with E-state index in [1.165, 1.54) is 12.1 Å². The van der Waals surface area contributed by atoms with Gasteiger partial charge in [-0.05, 0) is 56.5 Å². The highest BCUT2D eigenvalue weighted by molar-refractivity contribution is 5.88. The molecule has 1 aromatic rings. The van der Waals surface area contributed by atoms with Crippen LogP contribution in [0.1, 0.15) is 24.8 Å². The molecule has 4 nitrogen and oxygen atoms in total. The monoisotopic (exact) mass is 320 g/mol. The maximum atomic E-state index is 13.7. The molecule has 2 fully saturated rings. The standard InChI is InChI=1S/C18H25FN2O2/c1-20-12-14-5-8-21(13-14)17(22)18(6-9-23-10-7-18)15-3-2-4-16(19)11-15/h2-4,11,14,20H,5-10,12-13H2,1H3/t14-/m1/s1. The molecule has 0 spiro atoms. The summed E-state index contributed by atoms with van der Waals surface area (Å²) in [5.41, 5.74) is 0.164. The molecule has 2 saturated heterocycles. The summed E-state index contributed by atoms with van der Waals surface area (Å²) in [5, 5.41) is 3.19. The van der Waals surface area contributed by atoms with Crippen LogP contribution in [0.25, 0.3) is 0 Å². The normalized spacial score (nSPS) is 23.9. The summed E-state index contributed by atoms with van der Waals surface area (Å²) in [5.74, 6) is 0.369. The fourth-order valence-electron chi connectivity index (χ4n) is 3.91. The first kappa shape index (κ1) is 16.4. The van der Waals surface area contributed by atoms with E-state index in [1.807, 2.05) is 18.0 Å². The second kappa shape index (κ2) is 6.97. The van der Waals surface area contributed by atoms with Gasteiger partial charge in [0.25, 0.3) is 0 Å². The highest BCUT2D eigenvalue weighted by Crippen LogP contribution is 2.38. The van der Waals surface area contributed by atoms with Crippen LogP contribution in [-0.4, -0.2) is 50.7 Å². The van der Waals surface area contributed by atoms with Crippen molar-refractivity contribution in [1.82, 2.24) is 10.2 Å². The Morgan fingerprint density at radius 3 is 2.91 bits per heavy atom. The topological polar surface area (TPSA) is 41.6 Å². The van der Waals surface area contributed by atoms with E-state index in [2.05, 4.69) is 5.32 Å². The minimum absolute atomic E-state index is 0.144. The van der Waals surface area contributed by atoms with Gasteiger partial charge >= 0.3 is 0 Å². The molecule has 1 atom stereocenters. The molecule has 0 radical (unpaired) electrons. The summed E-state index contributed by atoms with van der Waals surface area (Å²) < 4.78 is 19.2. The van der Waals surface area contributed by atoms with Crippen molar-refractivity contribution >= 4 is 5.91 Å². The van der Waals surface area contributed by atoms with Gasteiger partial charge in [0.2, 0.25) is 5.91 Å². The lowest BCUT2D eigenvalue weighted by Crippen LogP contribution is -2.49. The Morgan fingerprint density at radius 2 is 2.22 bits per heavy atom. The molecule has 2 aliphatic rings. The Labute approximate surface area is 137 Å². The lowest BCUT2D eigenvalue weighted by molar-refractivity contribution is -0.140. The van der Waals surface area contributed by atoms with Crippen LogP contribution in [0.2, 0.25) is 0 Å². The molecular weight excluding hydrogens is 295 g/mol. The van der Waals surface area contributed by atoms with Crippen LogP contribution in [0.3, 0.4) is 0 Å². The van der Waals surface area contributed by atoms with Gasteiger partial charge in [0, 0.05) is 26.3 Å². The smallest absolute Gasteiger partial charge is 0.233 e. The van der Waals surface area contributed by atoms with Crippen LogP contribution < -0.4 is 5.32 Å². The van der Waals surface area contributed by atoms with E-state index in [4.69, 9.17) is 4.74 Å². The van der Waals surface area contributed by atoms with Crippen molar-refractivity contribution < 1.29 is 13.9 Å². The molecule has 1 amide bonds. The van der Waals surface area contributed by atoms with Gasteiger partial charge in [-0.15, -0.1) is 0 Å². The zero-order valence-corrected chi connectivity index (χ0v) is 13.7. The van der Waals surface area contributed by atoms with Crippen molar-refractivity contribution in [3.8, 4) is 0 Å². The summed E-state index contributed by atoms with van der Waals surface area (Å²) >= 11 is 0. The molecule has 23 heavy (non-hydrogen) atoms. The summed E-state index contributed by atoms with van der Waals surface area (Å²) in [6, 6.07) is 6.53. The summed E-state index contributed by atoms with van der Waals surface area (Å²) in [7, 11) is 1.94. The van der Waals surface area contributed by atoms with Gasteiger partial charge in [0.05, 0.1) is 5.41 Å². The average Bonchev–Trinajstić information content (AvgIpc) is 3.04. The molecule has 5 heteroatoms. The molecule has 0 saturated carbocycles. The number of carbonyl (C=O) groups excluding carboxylic acids is 1. The number of likely N-dealkylation sites (tertiary alicyclic amines) is 1.